The number of aryl methyl sites for hydroxylation is 1. The Morgan fingerprint density at radius 3 is 2.85 bits per heavy atom. The molecule has 0 amide bonds. The third kappa shape index (κ3) is 2.78. The Balaban J connectivity index is 1.58. The van der Waals surface area contributed by atoms with E-state index in [-0.39, 0.29) is 5.78 Å². The highest BCUT2D eigenvalue weighted by atomic mass is 32.1. The summed E-state index contributed by atoms with van der Waals surface area (Å²) in [4.78, 5) is 32.7. The first kappa shape index (κ1) is 16.5. The van der Waals surface area contributed by atoms with E-state index >= 15 is 0 Å². The third-order valence-electron chi connectivity index (χ3n) is 4.36. The molecule has 0 aliphatic heterocycles. The molecule has 2 heterocycles. The van der Waals surface area contributed by atoms with Crippen LogP contribution in [0.1, 0.15) is 33.3 Å². The maximum absolute atomic E-state index is 12.9. The van der Waals surface area contributed by atoms with E-state index in [1.54, 1.807) is 30.6 Å². The van der Waals surface area contributed by atoms with E-state index in [0.717, 1.165) is 26.8 Å². The van der Waals surface area contributed by atoms with Crippen LogP contribution in [0.5, 0.6) is 0 Å². The van der Waals surface area contributed by atoms with E-state index in [1.807, 2.05) is 31.2 Å². The molecule has 2 aromatic heterocycles. The number of carbonyl (C=O) groups is 2. The van der Waals surface area contributed by atoms with Gasteiger partial charge < -0.3 is 9.72 Å². The number of hydrogen-bond donors (Lipinski definition) is 1. The second kappa shape index (κ2) is 6.38. The molecule has 130 valence electrons. The molecule has 2 aromatic carbocycles. The number of aromatic amines is 1. The number of fused-ring (bicyclic) bond motifs is 2. The summed E-state index contributed by atoms with van der Waals surface area (Å²) in [7, 11) is 0. The SMILES string of the molecule is Cc1[nH]c2ccccc2c1C(=O)C(C)OC(=O)c1ccc2ncsc2c1. The van der Waals surface area contributed by atoms with Crippen molar-refractivity contribution < 1.29 is 14.3 Å². The highest BCUT2D eigenvalue weighted by molar-refractivity contribution is 7.16. The Morgan fingerprint density at radius 2 is 2.00 bits per heavy atom. The summed E-state index contributed by atoms with van der Waals surface area (Å²) in [5.74, 6) is -0.731. The van der Waals surface area contributed by atoms with Crippen LogP contribution in [0.4, 0.5) is 0 Å². The van der Waals surface area contributed by atoms with E-state index in [2.05, 4.69) is 9.97 Å². The number of ketones is 1. The van der Waals surface area contributed by atoms with Crippen molar-refractivity contribution in [3.05, 3.63) is 64.8 Å². The molecule has 1 atom stereocenters. The van der Waals surface area contributed by atoms with Crippen LogP contribution in [-0.4, -0.2) is 27.8 Å². The Kier molecular flexibility index (Phi) is 4.05. The normalized spacial score (nSPS) is 12.4. The highest BCUT2D eigenvalue weighted by Gasteiger charge is 2.25. The molecule has 0 spiro atoms. The summed E-state index contributed by atoms with van der Waals surface area (Å²) in [6, 6.07) is 12.8. The van der Waals surface area contributed by atoms with Gasteiger partial charge in [-0.3, -0.25) is 4.79 Å². The Hall–Kier alpha value is -2.99. The zero-order chi connectivity index (χ0) is 18.3. The van der Waals surface area contributed by atoms with Gasteiger partial charge in [0.05, 0.1) is 21.3 Å². The smallest absolute Gasteiger partial charge is 0.338 e. The van der Waals surface area contributed by atoms with Crippen molar-refractivity contribution in [2.24, 2.45) is 0 Å². The number of ether oxygens (including phenoxy) is 1. The molecule has 0 saturated heterocycles. The number of carbonyl (C=O) groups excluding carboxylic acids is 2. The lowest BCUT2D eigenvalue weighted by Crippen LogP contribution is -2.24. The Bertz CT molecular complexity index is 1140. The maximum atomic E-state index is 12.9. The van der Waals surface area contributed by atoms with Crippen molar-refractivity contribution in [1.82, 2.24) is 9.97 Å². The van der Waals surface area contributed by atoms with Crippen molar-refractivity contribution in [1.29, 1.82) is 0 Å². The summed E-state index contributed by atoms with van der Waals surface area (Å²) in [6.45, 7) is 3.45. The zero-order valence-corrected chi connectivity index (χ0v) is 15.1. The maximum Gasteiger partial charge on any atom is 0.338 e. The molecule has 0 radical (unpaired) electrons. The van der Waals surface area contributed by atoms with E-state index in [0.29, 0.717) is 11.1 Å². The molecule has 4 aromatic rings. The topological polar surface area (TPSA) is 72.1 Å². The average molecular weight is 364 g/mol. The summed E-state index contributed by atoms with van der Waals surface area (Å²) in [5.41, 5.74) is 5.21. The second-order valence-electron chi connectivity index (χ2n) is 6.12. The molecule has 1 N–H and O–H groups in total. The molecule has 6 heteroatoms. The Labute approximate surface area is 153 Å². The number of thiazole rings is 1. The number of Topliss-reactive ketones (excluding diaryl/α,β-unsaturated/α-hetero) is 1. The standard InChI is InChI=1S/C20H16N2O3S/c1-11-18(14-5-3-4-6-15(14)22-11)19(23)12(2)25-20(24)13-7-8-16-17(9-13)26-10-21-16/h3-10,12,22H,1-2H3. The fourth-order valence-electron chi connectivity index (χ4n) is 3.06. The van der Waals surface area contributed by atoms with E-state index in [1.165, 1.54) is 11.3 Å². The van der Waals surface area contributed by atoms with Crippen LogP contribution in [0.2, 0.25) is 0 Å². The van der Waals surface area contributed by atoms with Gasteiger partial charge in [0, 0.05) is 22.2 Å². The summed E-state index contributed by atoms with van der Waals surface area (Å²) in [5, 5.41) is 0.837. The third-order valence-corrected chi connectivity index (χ3v) is 5.15. The van der Waals surface area contributed by atoms with Crippen LogP contribution in [0, 0.1) is 6.92 Å². The number of nitrogens with zero attached hydrogens (tertiary/aromatic N) is 1. The van der Waals surface area contributed by atoms with Gasteiger partial charge in [-0.15, -0.1) is 11.3 Å². The molecule has 26 heavy (non-hydrogen) atoms. The van der Waals surface area contributed by atoms with E-state index in [4.69, 9.17) is 4.74 Å². The quantitative estimate of drug-likeness (QED) is 0.427. The first-order valence-corrected chi connectivity index (χ1v) is 9.08. The molecular formula is C20H16N2O3S. The average Bonchev–Trinajstić information content (AvgIpc) is 3.23. The molecule has 0 aliphatic rings. The summed E-state index contributed by atoms with van der Waals surface area (Å²) >= 11 is 1.46. The van der Waals surface area contributed by atoms with Gasteiger partial charge in [-0.1, -0.05) is 18.2 Å². The van der Waals surface area contributed by atoms with Gasteiger partial charge in [0.25, 0.3) is 0 Å². The number of benzene rings is 2. The minimum atomic E-state index is -0.877. The van der Waals surface area contributed by atoms with Crippen LogP contribution >= 0.6 is 11.3 Å². The monoisotopic (exact) mass is 364 g/mol. The van der Waals surface area contributed by atoms with Crippen molar-refractivity contribution in [3.63, 3.8) is 0 Å². The first-order valence-electron chi connectivity index (χ1n) is 8.20. The first-order chi connectivity index (χ1) is 12.5. The van der Waals surface area contributed by atoms with Gasteiger partial charge in [-0.2, -0.15) is 0 Å². The van der Waals surface area contributed by atoms with Crippen LogP contribution in [0.3, 0.4) is 0 Å². The van der Waals surface area contributed by atoms with Crippen LogP contribution in [0.25, 0.3) is 21.1 Å². The predicted molar refractivity (Wildman–Crippen MR) is 102 cm³/mol. The van der Waals surface area contributed by atoms with E-state index in [9.17, 15) is 9.59 Å². The minimum Gasteiger partial charge on any atom is -0.451 e. The van der Waals surface area contributed by atoms with Crippen molar-refractivity contribution >= 4 is 44.2 Å². The van der Waals surface area contributed by atoms with Gasteiger partial charge in [0.1, 0.15) is 0 Å². The minimum absolute atomic E-state index is 0.216. The molecule has 0 fully saturated rings. The van der Waals surface area contributed by atoms with Crippen LogP contribution < -0.4 is 0 Å². The number of H-pyrrole nitrogens is 1. The molecule has 0 aliphatic carbocycles. The van der Waals surface area contributed by atoms with Gasteiger partial charge in [0.2, 0.25) is 5.78 Å². The lowest BCUT2D eigenvalue weighted by molar-refractivity contribution is 0.0319. The van der Waals surface area contributed by atoms with E-state index < -0.39 is 12.1 Å². The van der Waals surface area contributed by atoms with Gasteiger partial charge in [-0.05, 0) is 38.1 Å². The number of aromatic nitrogens is 2. The predicted octanol–water partition coefficient (Wildman–Crippen LogP) is 4.51. The molecule has 1 unspecified atom stereocenters. The molecular weight excluding hydrogens is 348 g/mol. The number of hydrogen-bond acceptors (Lipinski definition) is 5. The summed E-state index contributed by atoms with van der Waals surface area (Å²) < 4.78 is 6.34. The van der Waals surface area contributed by atoms with Crippen LogP contribution in [-0.2, 0) is 4.74 Å². The van der Waals surface area contributed by atoms with Gasteiger partial charge in [-0.25, -0.2) is 9.78 Å². The summed E-state index contributed by atoms with van der Waals surface area (Å²) in [6.07, 6.45) is -0.877. The molecule has 0 saturated carbocycles. The van der Waals surface area contributed by atoms with Gasteiger partial charge in [0.15, 0.2) is 6.10 Å². The molecule has 5 nitrogen and oxygen atoms in total. The highest BCUT2D eigenvalue weighted by Crippen LogP contribution is 2.24. The fraction of sp³-hybridized carbons (Fsp3) is 0.150. The second-order valence-corrected chi connectivity index (χ2v) is 7.00. The van der Waals surface area contributed by atoms with Crippen LogP contribution in [0.15, 0.2) is 48.0 Å². The van der Waals surface area contributed by atoms with Crippen molar-refractivity contribution in [2.45, 2.75) is 20.0 Å². The number of para-hydroxylation sites is 1. The fourth-order valence-corrected chi connectivity index (χ4v) is 3.78. The number of nitrogens with one attached hydrogen (secondary N) is 1. The molecule has 0 bridgehead atoms. The van der Waals surface area contributed by atoms with Gasteiger partial charge >= 0.3 is 5.97 Å². The lowest BCUT2D eigenvalue weighted by atomic mass is 10.0. The largest absolute Gasteiger partial charge is 0.451 e. The number of rotatable bonds is 4. The molecule has 4 rings (SSSR count). The zero-order valence-electron chi connectivity index (χ0n) is 14.3. The van der Waals surface area contributed by atoms with Crippen molar-refractivity contribution in [3.8, 4) is 0 Å². The lowest BCUT2D eigenvalue weighted by Gasteiger charge is -2.12. The Morgan fingerprint density at radius 1 is 1.19 bits per heavy atom. The van der Waals surface area contributed by atoms with Crippen molar-refractivity contribution in [2.75, 3.05) is 0 Å². The number of esters is 1.